The lowest BCUT2D eigenvalue weighted by molar-refractivity contribution is -0.138. The van der Waals surface area contributed by atoms with E-state index in [1.54, 1.807) is 19.2 Å². The Morgan fingerprint density at radius 1 is 1.21 bits per heavy atom. The lowest BCUT2D eigenvalue weighted by atomic mass is 10.0. The van der Waals surface area contributed by atoms with Crippen molar-refractivity contribution in [2.75, 3.05) is 44.8 Å². The van der Waals surface area contributed by atoms with E-state index >= 15 is 0 Å². The summed E-state index contributed by atoms with van der Waals surface area (Å²) in [6, 6.07) is 4.52. The molecule has 0 unspecified atom stereocenters. The van der Waals surface area contributed by atoms with E-state index in [1.165, 1.54) is 6.07 Å². The summed E-state index contributed by atoms with van der Waals surface area (Å²) in [7, 11) is 1.61. The van der Waals surface area contributed by atoms with E-state index in [0.717, 1.165) is 13.0 Å². The summed E-state index contributed by atoms with van der Waals surface area (Å²) in [4.78, 5) is 5.99. The summed E-state index contributed by atoms with van der Waals surface area (Å²) in [6.45, 7) is 7.26. The summed E-state index contributed by atoms with van der Waals surface area (Å²) in [5, 5.41) is 6.10. The molecule has 1 aromatic carbocycles. The Bertz CT molecular complexity index is 632. The first-order valence-electron chi connectivity index (χ1n) is 9.28. The van der Waals surface area contributed by atoms with Crippen molar-refractivity contribution in [2.45, 2.75) is 33.0 Å². The van der Waals surface area contributed by atoms with Crippen molar-refractivity contribution in [2.24, 2.45) is 10.9 Å². The molecule has 1 fully saturated rings. The maximum Gasteiger partial charge on any atom is 0.416 e. The topological polar surface area (TPSA) is 48.9 Å². The molecule has 5 nitrogen and oxygen atoms in total. The molecule has 1 aliphatic heterocycles. The molecular formula is C19H30F3IN4O. The molecule has 0 aromatic heterocycles. The largest absolute Gasteiger partial charge is 0.416 e. The Labute approximate surface area is 182 Å². The summed E-state index contributed by atoms with van der Waals surface area (Å²) >= 11 is 0. The second-order valence-corrected chi connectivity index (χ2v) is 6.97. The highest BCUT2D eigenvalue weighted by Crippen LogP contribution is 2.35. The lowest BCUT2D eigenvalue weighted by Crippen LogP contribution is -2.38. The van der Waals surface area contributed by atoms with Crippen molar-refractivity contribution in [1.29, 1.82) is 0 Å². The van der Waals surface area contributed by atoms with E-state index < -0.39 is 11.7 Å². The Hall–Kier alpha value is -1.23. The molecule has 0 aliphatic carbocycles. The third kappa shape index (κ3) is 7.65. The number of benzene rings is 1. The van der Waals surface area contributed by atoms with Crippen LogP contribution >= 0.6 is 24.0 Å². The van der Waals surface area contributed by atoms with Gasteiger partial charge in [-0.3, -0.25) is 4.99 Å². The number of alkyl halides is 3. The van der Waals surface area contributed by atoms with Gasteiger partial charge >= 0.3 is 6.18 Å². The number of halogens is 4. The van der Waals surface area contributed by atoms with E-state index in [0.29, 0.717) is 43.9 Å². The molecule has 1 saturated heterocycles. The zero-order valence-electron chi connectivity index (χ0n) is 16.6. The van der Waals surface area contributed by atoms with Gasteiger partial charge in [0.15, 0.2) is 5.96 Å². The minimum atomic E-state index is -4.41. The summed E-state index contributed by atoms with van der Waals surface area (Å²) in [6.07, 6.45) is -3.45. The van der Waals surface area contributed by atoms with Crippen LogP contribution in [-0.2, 0) is 17.5 Å². The predicted octanol–water partition coefficient (Wildman–Crippen LogP) is 3.87. The van der Waals surface area contributed by atoms with Crippen molar-refractivity contribution in [1.82, 2.24) is 10.6 Å². The number of nitrogens with zero attached hydrogens (tertiary/aromatic N) is 2. The number of nitrogens with one attached hydrogen (secondary N) is 2. The normalized spacial score (nSPS) is 15.4. The molecule has 0 atom stereocenters. The number of anilines is 1. The molecule has 2 N–H and O–H groups in total. The van der Waals surface area contributed by atoms with Crippen LogP contribution in [0.5, 0.6) is 0 Å². The molecule has 0 radical (unpaired) electrons. The number of hydrogen-bond acceptors (Lipinski definition) is 3. The minimum Gasteiger partial charge on any atom is -0.378 e. The molecule has 1 aromatic rings. The summed E-state index contributed by atoms with van der Waals surface area (Å²) in [5.74, 6) is 1.04. The van der Waals surface area contributed by atoms with Crippen molar-refractivity contribution in [3.05, 3.63) is 29.3 Å². The maximum absolute atomic E-state index is 13.6. The summed E-state index contributed by atoms with van der Waals surface area (Å²) in [5.41, 5.74) is 0.164. The van der Waals surface area contributed by atoms with Crippen LogP contribution in [0.1, 0.15) is 31.4 Å². The highest BCUT2D eigenvalue weighted by atomic mass is 127. The van der Waals surface area contributed by atoms with Crippen LogP contribution in [0.4, 0.5) is 18.9 Å². The van der Waals surface area contributed by atoms with Gasteiger partial charge in [-0.05, 0) is 30.0 Å². The number of aliphatic imine (C=N–C) groups is 1. The zero-order chi connectivity index (χ0) is 19.9. The molecule has 0 saturated carbocycles. The average molecular weight is 514 g/mol. The lowest BCUT2D eigenvalue weighted by Gasteiger charge is -2.29. The van der Waals surface area contributed by atoms with Crippen LogP contribution in [0.25, 0.3) is 0 Å². The third-order valence-electron chi connectivity index (χ3n) is 4.46. The van der Waals surface area contributed by atoms with E-state index in [1.807, 2.05) is 4.90 Å². The fourth-order valence-corrected chi connectivity index (χ4v) is 2.88. The quantitative estimate of drug-likeness (QED) is 0.344. The van der Waals surface area contributed by atoms with E-state index in [2.05, 4.69) is 29.5 Å². The standard InChI is InChI=1S/C19H29F3N4O.HI/c1-14(2)6-7-24-18(23-3)25-13-15-4-5-16(12-17(15)19(20,21)22)26-8-10-27-11-9-26;/h4-5,12,14H,6-11,13H2,1-3H3,(H2,23,24,25);1H. The number of rotatable bonds is 6. The fourth-order valence-electron chi connectivity index (χ4n) is 2.88. The van der Waals surface area contributed by atoms with Crippen molar-refractivity contribution < 1.29 is 17.9 Å². The molecule has 9 heteroatoms. The third-order valence-corrected chi connectivity index (χ3v) is 4.46. The first-order valence-corrected chi connectivity index (χ1v) is 9.28. The molecule has 0 spiro atoms. The second kappa shape index (κ2) is 11.7. The predicted molar refractivity (Wildman–Crippen MR) is 118 cm³/mol. The van der Waals surface area contributed by atoms with Crippen LogP contribution in [0.3, 0.4) is 0 Å². The Kier molecular flexibility index (Phi) is 10.4. The van der Waals surface area contributed by atoms with Gasteiger partial charge in [0.1, 0.15) is 0 Å². The second-order valence-electron chi connectivity index (χ2n) is 6.97. The van der Waals surface area contributed by atoms with Crippen LogP contribution in [0, 0.1) is 5.92 Å². The molecule has 1 aliphatic rings. The molecular weight excluding hydrogens is 484 g/mol. The Morgan fingerprint density at radius 3 is 2.46 bits per heavy atom. The number of ether oxygens (including phenoxy) is 1. The summed E-state index contributed by atoms with van der Waals surface area (Å²) < 4.78 is 46.0. The molecule has 28 heavy (non-hydrogen) atoms. The molecule has 160 valence electrons. The average Bonchev–Trinajstić information content (AvgIpc) is 2.64. The first kappa shape index (κ1) is 24.8. The van der Waals surface area contributed by atoms with Crippen molar-refractivity contribution >= 4 is 35.6 Å². The van der Waals surface area contributed by atoms with Crippen LogP contribution < -0.4 is 15.5 Å². The Morgan fingerprint density at radius 2 is 1.89 bits per heavy atom. The van der Waals surface area contributed by atoms with Gasteiger partial charge in [-0.1, -0.05) is 19.9 Å². The van der Waals surface area contributed by atoms with Gasteiger partial charge < -0.3 is 20.3 Å². The monoisotopic (exact) mass is 514 g/mol. The molecule has 1 heterocycles. The smallest absolute Gasteiger partial charge is 0.378 e. The van der Waals surface area contributed by atoms with Crippen molar-refractivity contribution in [3.8, 4) is 0 Å². The van der Waals surface area contributed by atoms with Crippen LogP contribution in [0.15, 0.2) is 23.2 Å². The maximum atomic E-state index is 13.6. The number of guanidine groups is 1. The van der Waals surface area contributed by atoms with Gasteiger partial charge in [-0.15, -0.1) is 24.0 Å². The van der Waals surface area contributed by atoms with Crippen LogP contribution in [-0.4, -0.2) is 45.9 Å². The highest BCUT2D eigenvalue weighted by Gasteiger charge is 2.34. The number of morpholine rings is 1. The van der Waals surface area contributed by atoms with Gasteiger partial charge in [0.25, 0.3) is 0 Å². The van der Waals surface area contributed by atoms with Gasteiger partial charge in [0.05, 0.1) is 18.8 Å². The zero-order valence-corrected chi connectivity index (χ0v) is 18.9. The van der Waals surface area contributed by atoms with Crippen LogP contribution in [0.2, 0.25) is 0 Å². The fraction of sp³-hybridized carbons (Fsp3) is 0.632. The molecule has 2 rings (SSSR count). The number of hydrogen-bond donors (Lipinski definition) is 2. The van der Waals surface area contributed by atoms with Gasteiger partial charge in [-0.2, -0.15) is 13.2 Å². The SMILES string of the molecule is CN=C(NCCC(C)C)NCc1ccc(N2CCOCC2)cc1C(F)(F)F.I. The minimum absolute atomic E-state index is 0. The first-order chi connectivity index (χ1) is 12.8. The van der Waals surface area contributed by atoms with Crippen molar-refractivity contribution in [3.63, 3.8) is 0 Å². The van der Waals surface area contributed by atoms with E-state index in [-0.39, 0.29) is 36.1 Å². The van der Waals surface area contributed by atoms with E-state index in [9.17, 15) is 13.2 Å². The highest BCUT2D eigenvalue weighted by molar-refractivity contribution is 14.0. The van der Waals surface area contributed by atoms with Gasteiger partial charge in [0, 0.05) is 38.9 Å². The van der Waals surface area contributed by atoms with Gasteiger partial charge in [0.2, 0.25) is 0 Å². The molecule has 0 amide bonds. The molecule has 0 bridgehead atoms. The van der Waals surface area contributed by atoms with E-state index in [4.69, 9.17) is 4.74 Å². The Balaban J connectivity index is 0.00000392. The van der Waals surface area contributed by atoms with Gasteiger partial charge in [-0.25, -0.2) is 0 Å².